The van der Waals surface area contributed by atoms with Crippen molar-refractivity contribution >= 4 is 21.9 Å². The molecule has 1 atom stereocenters. The number of morpholine rings is 1. The first-order valence-corrected chi connectivity index (χ1v) is 7.94. The number of carbonyl (C=O) groups excluding carboxylic acids is 1. The molecule has 1 saturated heterocycles. The molecule has 4 nitrogen and oxygen atoms in total. The van der Waals surface area contributed by atoms with Crippen LogP contribution in [-0.2, 0) is 14.3 Å². The molecule has 2 rings (SSSR count). The van der Waals surface area contributed by atoms with Gasteiger partial charge in [0.05, 0.1) is 19.3 Å². The highest BCUT2D eigenvalue weighted by Gasteiger charge is 2.25. The van der Waals surface area contributed by atoms with Crippen molar-refractivity contribution in [1.82, 2.24) is 4.90 Å². The lowest BCUT2D eigenvalue weighted by Crippen LogP contribution is -2.42. The number of hydrogen-bond donors (Lipinski definition) is 0. The summed E-state index contributed by atoms with van der Waals surface area (Å²) in [4.78, 5) is 14.0. The minimum Gasteiger partial charge on any atom is -0.459 e. The molecule has 1 unspecified atom stereocenters. The Hall–Kier alpha value is -0.910. The summed E-state index contributed by atoms with van der Waals surface area (Å²) < 4.78 is 12.2. The Labute approximate surface area is 134 Å². The number of ether oxygens (including phenoxy) is 2. The first kappa shape index (κ1) is 16.5. The normalized spacial score (nSPS) is 20.3. The van der Waals surface area contributed by atoms with Gasteiger partial charge >= 0.3 is 5.97 Å². The average Bonchev–Trinajstić information content (AvgIpc) is 2.36. The van der Waals surface area contributed by atoms with Crippen molar-refractivity contribution in [3.05, 3.63) is 34.3 Å². The molecule has 1 aromatic carbocycles. The zero-order valence-corrected chi connectivity index (χ0v) is 14.4. The van der Waals surface area contributed by atoms with Gasteiger partial charge in [-0.15, -0.1) is 0 Å². The summed E-state index contributed by atoms with van der Waals surface area (Å²) in [7, 11) is 0. The molecular weight excluding hydrogens is 334 g/mol. The lowest BCUT2D eigenvalue weighted by Gasteiger charge is -2.33. The third-order valence-electron chi connectivity index (χ3n) is 3.14. The molecule has 0 aliphatic carbocycles. The lowest BCUT2D eigenvalue weighted by atomic mass is 10.1. The molecule has 0 amide bonds. The number of carbonyl (C=O) groups is 1. The van der Waals surface area contributed by atoms with Crippen LogP contribution < -0.4 is 0 Å². The van der Waals surface area contributed by atoms with Crippen molar-refractivity contribution in [1.29, 1.82) is 0 Å². The van der Waals surface area contributed by atoms with Crippen molar-refractivity contribution in [2.45, 2.75) is 32.5 Å². The van der Waals surface area contributed by atoms with Gasteiger partial charge in [0, 0.05) is 17.6 Å². The average molecular weight is 356 g/mol. The molecule has 1 fully saturated rings. The summed E-state index contributed by atoms with van der Waals surface area (Å²) >= 11 is 3.47. The van der Waals surface area contributed by atoms with E-state index in [1.807, 2.05) is 39.0 Å². The van der Waals surface area contributed by atoms with E-state index < -0.39 is 5.60 Å². The van der Waals surface area contributed by atoms with Gasteiger partial charge in [-0.05, 0) is 38.5 Å². The maximum atomic E-state index is 11.9. The van der Waals surface area contributed by atoms with Crippen molar-refractivity contribution in [2.75, 3.05) is 26.2 Å². The van der Waals surface area contributed by atoms with Gasteiger partial charge in [-0.2, -0.15) is 0 Å². The van der Waals surface area contributed by atoms with Crippen LogP contribution in [0.15, 0.2) is 28.7 Å². The Bertz CT molecular complexity index is 499. The molecule has 0 N–H and O–H groups in total. The molecular formula is C16H22BrNO3. The molecule has 0 aromatic heterocycles. The number of esters is 1. The minimum atomic E-state index is -0.437. The van der Waals surface area contributed by atoms with Crippen LogP contribution in [0, 0.1) is 0 Å². The van der Waals surface area contributed by atoms with Crippen molar-refractivity contribution in [3.8, 4) is 0 Å². The van der Waals surface area contributed by atoms with Gasteiger partial charge in [0.2, 0.25) is 0 Å². The summed E-state index contributed by atoms with van der Waals surface area (Å²) in [5.74, 6) is -0.183. The Balaban J connectivity index is 1.93. The maximum Gasteiger partial charge on any atom is 0.320 e. The van der Waals surface area contributed by atoms with Crippen molar-refractivity contribution < 1.29 is 14.3 Å². The summed E-state index contributed by atoms with van der Waals surface area (Å²) in [5.41, 5.74) is 0.686. The fourth-order valence-corrected chi connectivity index (χ4v) is 2.73. The lowest BCUT2D eigenvalue weighted by molar-refractivity contribution is -0.158. The molecule has 1 heterocycles. The van der Waals surface area contributed by atoms with E-state index in [9.17, 15) is 4.79 Å². The number of nitrogens with zero attached hydrogens (tertiary/aromatic N) is 1. The Morgan fingerprint density at radius 3 is 2.90 bits per heavy atom. The summed E-state index contributed by atoms with van der Waals surface area (Å²) in [6.07, 6.45) is -0.00122. The van der Waals surface area contributed by atoms with Gasteiger partial charge in [-0.1, -0.05) is 28.1 Å². The van der Waals surface area contributed by atoms with E-state index in [1.54, 1.807) is 0 Å². The predicted octanol–water partition coefficient (Wildman–Crippen LogP) is 3.16. The standard InChI is InChI=1S/C16H22BrNO3/c1-16(2,3)21-15(19)11-18-7-8-20-14(10-18)12-5-4-6-13(17)9-12/h4-6,9,14H,7-8,10-11H2,1-3H3. The maximum absolute atomic E-state index is 11.9. The molecule has 0 spiro atoms. The van der Waals surface area contributed by atoms with Gasteiger partial charge in [-0.25, -0.2) is 0 Å². The predicted molar refractivity (Wildman–Crippen MR) is 85.1 cm³/mol. The SMILES string of the molecule is CC(C)(C)OC(=O)CN1CCOC(c2cccc(Br)c2)C1. The van der Waals surface area contributed by atoms with E-state index in [0.29, 0.717) is 19.7 Å². The molecule has 21 heavy (non-hydrogen) atoms. The van der Waals surface area contributed by atoms with Gasteiger partial charge in [0.15, 0.2) is 0 Å². The highest BCUT2D eigenvalue weighted by molar-refractivity contribution is 9.10. The monoisotopic (exact) mass is 355 g/mol. The molecule has 1 aliphatic heterocycles. The van der Waals surface area contributed by atoms with E-state index in [-0.39, 0.29) is 12.1 Å². The summed E-state index contributed by atoms with van der Waals surface area (Å²) in [6.45, 7) is 8.04. The fourth-order valence-electron chi connectivity index (χ4n) is 2.31. The molecule has 0 bridgehead atoms. The minimum absolute atomic E-state index is 0.00122. The highest BCUT2D eigenvalue weighted by atomic mass is 79.9. The van der Waals surface area contributed by atoms with E-state index in [4.69, 9.17) is 9.47 Å². The van der Waals surface area contributed by atoms with Crippen LogP contribution in [0.4, 0.5) is 0 Å². The Morgan fingerprint density at radius 1 is 1.48 bits per heavy atom. The zero-order valence-electron chi connectivity index (χ0n) is 12.8. The third-order valence-corrected chi connectivity index (χ3v) is 3.64. The molecule has 0 saturated carbocycles. The van der Waals surface area contributed by atoms with Gasteiger partial charge in [0.1, 0.15) is 5.60 Å². The quantitative estimate of drug-likeness (QED) is 0.780. The highest BCUT2D eigenvalue weighted by Crippen LogP contribution is 2.24. The van der Waals surface area contributed by atoms with Gasteiger partial charge in [0.25, 0.3) is 0 Å². The summed E-state index contributed by atoms with van der Waals surface area (Å²) in [6, 6.07) is 8.09. The fraction of sp³-hybridized carbons (Fsp3) is 0.562. The van der Waals surface area contributed by atoms with Crippen molar-refractivity contribution in [3.63, 3.8) is 0 Å². The molecule has 0 radical (unpaired) electrons. The van der Waals surface area contributed by atoms with Crippen LogP contribution in [-0.4, -0.2) is 42.7 Å². The van der Waals surface area contributed by atoms with Gasteiger partial charge < -0.3 is 9.47 Å². The van der Waals surface area contributed by atoms with Crippen LogP contribution in [0.2, 0.25) is 0 Å². The van der Waals surface area contributed by atoms with Crippen LogP contribution in [0.1, 0.15) is 32.4 Å². The summed E-state index contributed by atoms with van der Waals surface area (Å²) in [5, 5.41) is 0. The number of halogens is 1. The van der Waals surface area contributed by atoms with Gasteiger partial charge in [-0.3, -0.25) is 9.69 Å². The molecule has 116 valence electrons. The van der Waals surface area contributed by atoms with Crippen molar-refractivity contribution in [2.24, 2.45) is 0 Å². The van der Waals surface area contributed by atoms with E-state index in [0.717, 1.165) is 16.6 Å². The second-order valence-electron chi connectivity index (χ2n) is 6.24. The van der Waals surface area contributed by atoms with E-state index in [1.165, 1.54) is 0 Å². The molecule has 1 aliphatic rings. The topological polar surface area (TPSA) is 38.8 Å². The van der Waals surface area contributed by atoms with E-state index in [2.05, 4.69) is 26.9 Å². The largest absolute Gasteiger partial charge is 0.459 e. The number of hydrogen-bond acceptors (Lipinski definition) is 4. The first-order chi connectivity index (χ1) is 9.83. The first-order valence-electron chi connectivity index (χ1n) is 7.15. The van der Waals surface area contributed by atoms with Crippen LogP contribution in [0.25, 0.3) is 0 Å². The number of rotatable bonds is 3. The Morgan fingerprint density at radius 2 is 2.24 bits per heavy atom. The third kappa shape index (κ3) is 5.41. The second-order valence-corrected chi connectivity index (χ2v) is 7.15. The van der Waals surface area contributed by atoms with E-state index >= 15 is 0 Å². The number of benzene rings is 1. The van der Waals surface area contributed by atoms with Crippen LogP contribution in [0.5, 0.6) is 0 Å². The van der Waals surface area contributed by atoms with Crippen LogP contribution in [0.3, 0.4) is 0 Å². The molecule has 5 heteroatoms. The second kappa shape index (κ2) is 6.90. The zero-order chi connectivity index (χ0) is 15.5. The Kier molecular flexibility index (Phi) is 5.41. The smallest absolute Gasteiger partial charge is 0.320 e. The van der Waals surface area contributed by atoms with Crippen LogP contribution >= 0.6 is 15.9 Å². The molecule has 1 aromatic rings.